The second-order valence-corrected chi connectivity index (χ2v) is 6.53. The molecule has 1 N–H and O–H groups in total. The van der Waals surface area contributed by atoms with Crippen molar-refractivity contribution in [3.8, 4) is 5.75 Å². The zero-order valence-electron chi connectivity index (χ0n) is 12.0. The number of rotatable bonds is 6. The minimum absolute atomic E-state index is 0.0718. The second kappa shape index (κ2) is 6.84. The topological polar surface area (TPSA) is 98.5 Å². The van der Waals surface area contributed by atoms with Gasteiger partial charge in [-0.15, -0.1) is 0 Å². The smallest absolute Gasteiger partial charge is 0.271 e. The highest BCUT2D eigenvalue weighted by atomic mass is 35.5. The van der Waals surface area contributed by atoms with Crippen LogP contribution in [-0.2, 0) is 10.0 Å². The fourth-order valence-corrected chi connectivity index (χ4v) is 3.19. The van der Waals surface area contributed by atoms with Crippen LogP contribution < -0.4 is 9.46 Å². The minimum atomic E-state index is -3.92. The first-order valence-corrected chi connectivity index (χ1v) is 8.39. The Morgan fingerprint density at radius 1 is 1.26 bits per heavy atom. The zero-order chi connectivity index (χ0) is 17.0. The van der Waals surface area contributed by atoms with E-state index in [0.717, 1.165) is 6.07 Å². The van der Waals surface area contributed by atoms with Crippen LogP contribution in [0, 0.1) is 10.1 Å². The molecule has 7 nitrogen and oxygen atoms in total. The monoisotopic (exact) mass is 356 g/mol. The van der Waals surface area contributed by atoms with Crippen LogP contribution in [0.3, 0.4) is 0 Å². The van der Waals surface area contributed by atoms with Crippen LogP contribution in [0.2, 0.25) is 5.02 Å². The van der Waals surface area contributed by atoms with Gasteiger partial charge in [0.1, 0.15) is 5.75 Å². The van der Waals surface area contributed by atoms with E-state index in [-0.39, 0.29) is 21.3 Å². The van der Waals surface area contributed by atoms with Crippen LogP contribution in [0.15, 0.2) is 47.4 Å². The van der Waals surface area contributed by atoms with E-state index in [4.69, 9.17) is 16.3 Å². The lowest BCUT2D eigenvalue weighted by atomic mass is 10.3. The molecule has 0 spiro atoms. The standard InChI is InChI=1S/C14H13ClN2O5S/c1-2-22-14-7-6-12(9-13(14)15)23(20,21)16-10-4-3-5-11(8-10)17(18)19/h3-9,16H,2H2,1H3. The summed E-state index contributed by atoms with van der Waals surface area (Å²) in [6.07, 6.45) is 0. The summed E-state index contributed by atoms with van der Waals surface area (Å²) in [7, 11) is -3.92. The van der Waals surface area contributed by atoms with Crippen LogP contribution in [0.5, 0.6) is 5.75 Å². The van der Waals surface area contributed by atoms with Crippen molar-refractivity contribution in [2.75, 3.05) is 11.3 Å². The third kappa shape index (κ3) is 4.11. The molecule has 2 aromatic rings. The number of nitrogens with zero attached hydrogens (tertiary/aromatic N) is 1. The molecule has 0 saturated carbocycles. The summed E-state index contributed by atoms with van der Waals surface area (Å²) in [5.74, 6) is 0.378. The van der Waals surface area contributed by atoms with Crippen molar-refractivity contribution >= 4 is 33.0 Å². The Morgan fingerprint density at radius 2 is 2.00 bits per heavy atom. The van der Waals surface area contributed by atoms with E-state index < -0.39 is 14.9 Å². The molecule has 0 aliphatic rings. The Morgan fingerprint density at radius 3 is 2.61 bits per heavy atom. The number of nitro benzene ring substituents is 1. The van der Waals surface area contributed by atoms with Crippen molar-refractivity contribution in [3.63, 3.8) is 0 Å². The van der Waals surface area contributed by atoms with Gasteiger partial charge in [0.15, 0.2) is 0 Å². The van der Waals surface area contributed by atoms with Gasteiger partial charge in [-0.05, 0) is 31.2 Å². The summed E-state index contributed by atoms with van der Waals surface area (Å²) in [5.41, 5.74) is -0.126. The van der Waals surface area contributed by atoms with E-state index >= 15 is 0 Å². The molecule has 2 rings (SSSR count). The number of hydrogen-bond donors (Lipinski definition) is 1. The second-order valence-electron chi connectivity index (χ2n) is 4.44. The van der Waals surface area contributed by atoms with E-state index in [0.29, 0.717) is 12.4 Å². The molecule has 0 unspecified atom stereocenters. The quantitative estimate of drug-likeness (QED) is 0.631. The van der Waals surface area contributed by atoms with Gasteiger partial charge < -0.3 is 4.74 Å². The minimum Gasteiger partial charge on any atom is -0.492 e. The van der Waals surface area contributed by atoms with Crippen molar-refractivity contribution in [3.05, 3.63) is 57.6 Å². The van der Waals surface area contributed by atoms with E-state index in [9.17, 15) is 18.5 Å². The van der Waals surface area contributed by atoms with Crippen LogP contribution in [0.4, 0.5) is 11.4 Å². The predicted octanol–water partition coefficient (Wildman–Crippen LogP) is 3.45. The molecule has 0 saturated heterocycles. The average Bonchev–Trinajstić information content (AvgIpc) is 2.49. The largest absolute Gasteiger partial charge is 0.492 e. The summed E-state index contributed by atoms with van der Waals surface area (Å²) in [5, 5.41) is 10.9. The van der Waals surface area contributed by atoms with Gasteiger partial charge in [0, 0.05) is 12.1 Å². The fourth-order valence-electron chi connectivity index (χ4n) is 1.82. The average molecular weight is 357 g/mol. The molecule has 0 amide bonds. The highest BCUT2D eigenvalue weighted by Gasteiger charge is 2.17. The molecule has 0 atom stereocenters. The first-order chi connectivity index (χ1) is 10.8. The molecule has 23 heavy (non-hydrogen) atoms. The maximum atomic E-state index is 12.3. The lowest BCUT2D eigenvalue weighted by Crippen LogP contribution is -2.13. The van der Waals surface area contributed by atoms with Gasteiger partial charge in [0.2, 0.25) is 0 Å². The Bertz CT molecular complexity index is 839. The van der Waals surface area contributed by atoms with Gasteiger partial charge in [0.05, 0.1) is 27.1 Å². The molecule has 0 bridgehead atoms. The summed E-state index contributed by atoms with van der Waals surface area (Å²) < 4.78 is 32.2. The van der Waals surface area contributed by atoms with Crippen LogP contribution >= 0.6 is 11.6 Å². The molecule has 122 valence electrons. The van der Waals surface area contributed by atoms with Crippen molar-refractivity contribution < 1.29 is 18.1 Å². The van der Waals surface area contributed by atoms with Gasteiger partial charge in [-0.3, -0.25) is 14.8 Å². The molecule has 0 heterocycles. The van der Waals surface area contributed by atoms with Crippen LogP contribution in [-0.4, -0.2) is 19.9 Å². The third-order valence-electron chi connectivity index (χ3n) is 2.82. The van der Waals surface area contributed by atoms with Crippen LogP contribution in [0.1, 0.15) is 6.92 Å². The number of ether oxygens (including phenoxy) is 1. The van der Waals surface area contributed by atoms with Gasteiger partial charge in [-0.1, -0.05) is 17.7 Å². The Kier molecular flexibility index (Phi) is 5.07. The molecule has 2 aromatic carbocycles. The number of nitrogens with one attached hydrogen (secondary N) is 1. The summed E-state index contributed by atoms with van der Waals surface area (Å²) >= 11 is 5.98. The van der Waals surface area contributed by atoms with Gasteiger partial charge in [-0.25, -0.2) is 8.42 Å². The summed E-state index contributed by atoms with van der Waals surface area (Å²) in [6, 6.07) is 9.26. The normalized spacial score (nSPS) is 11.0. The maximum Gasteiger partial charge on any atom is 0.271 e. The highest BCUT2D eigenvalue weighted by Crippen LogP contribution is 2.28. The predicted molar refractivity (Wildman–Crippen MR) is 86.5 cm³/mol. The highest BCUT2D eigenvalue weighted by molar-refractivity contribution is 7.92. The van der Waals surface area contributed by atoms with Gasteiger partial charge in [0.25, 0.3) is 15.7 Å². The van der Waals surface area contributed by atoms with E-state index in [1.54, 1.807) is 6.92 Å². The lowest BCUT2D eigenvalue weighted by molar-refractivity contribution is -0.384. The Balaban J connectivity index is 2.30. The number of halogens is 1. The number of benzene rings is 2. The Hall–Kier alpha value is -2.32. The van der Waals surface area contributed by atoms with Gasteiger partial charge in [-0.2, -0.15) is 0 Å². The Labute approximate surface area is 138 Å². The number of nitro groups is 1. The zero-order valence-corrected chi connectivity index (χ0v) is 13.6. The fraction of sp³-hybridized carbons (Fsp3) is 0.143. The van der Waals surface area contributed by atoms with E-state index in [1.165, 1.54) is 36.4 Å². The molecule has 0 aliphatic carbocycles. The molecule has 0 aromatic heterocycles. The van der Waals surface area contributed by atoms with Crippen molar-refractivity contribution in [2.45, 2.75) is 11.8 Å². The summed E-state index contributed by atoms with van der Waals surface area (Å²) in [4.78, 5) is 10.1. The van der Waals surface area contributed by atoms with Crippen molar-refractivity contribution in [2.24, 2.45) is 0 Å². The first kappa shape index (κ1) is 17.0. The van der Waals surface area contributed by atoms with Gasteiger partial charge >= 0.3 is 0 Å². The number of hydrogen-bond acceptors (Lipinski definition) is 5. The van der Waals surface area contributed by atoms with Crippen LogP contribution in [0.25, 0.3) is 0 Å². The number of anilines is 1. The molecular formula is C14H13ClN2O5S. The van der Waals surface area contributed by atoms with E-state index in [1.807, 2.05) is 0 Å². The molecule has 9 heteroatoms. The van der Waals surface area contributed by atoms with E-state index in [2.05, 4.69) is 4.72 Å². The lowest BCUT2D eigenvalue weighted by Gasteiger charge is -2.10. The SMILES string of the molecule is CCOc1ccc(S(=O)(=O)Nc2cccc([N+](=O)[O-])c2)cc1Cl. The van der Waals surface area contributed by atoms with Crippen molar-refractivity contribution in [1.82, 2.24) is 0 Å². The molecular weight excluding hydrogens is 344 g/mol. The molecule has 0 radical (unpaired) electrons. The third-order valence-corrected chi connectivity index (χ3v) is 4.50. The summed E-state index contributed by atoms with van der Waals surface area (Å²) in [6.45, 7) is 2.18. The number of sulfonamides is 1. The first-order valence-electron chi connectivity index (χ1n) is 6.53. The number of non-ortho nitro benzene ring substituents is 1. The molecule has 0 aliphatic heterocycles. The molecule has 0 fully saturated rings. The van der Waals surface area contributed by atoms with Crippen molar-refractivity contribution in [1.29, 1.82) is 0 Å². The maximum absolute atomic E-state index is 12.3.